The van der Waals surface area contributed by atoms with E-state index in [1.165, 1.54) is 12.0 Å². The fourth-order valence-corrected chi connectivity index (χ4v) is 2.75. The molecule has 0 atom stereocenters. The summed E-state index contributed by atoms with van der Waals surface area (Å²) in [5, 5.41) is 4.57. The van der Waals surface area contributed by atoms with E-state index in [1.54, 1.807) is 30.3 Å². The standard InChI is InChI=1S/C21H19ClN2O4/c1-14-3-7-16(8-4-14)18-11-19(28-23-18)21(26)24(13-20(25)27-2)12-15-5-9-17(22)10-6-15/h3-11H,12-13H2,1-2H3. The molecule has 0 radical (unpaired) electrons. The summed E-state index contributed by atoms with van der Waals surface area (Å²) in [6.07, 6.45) is 0. The summed E-state index contributed by atoms with van der Waals surface area (Å²) in [5.41, 5.74) is 3.33. The van der Waals surface area contributed by atoms with Gasteiger partial charge < -0.3 is 14.2 Å². The van der Waals surface area contributed by atoms with Crippen LogP contribution in [0, 0.1) is 6.92 Å². The predicted molar refractivity (Wildman–Crippen MR) is 105 cm³/mol. The van der Waals surface area contributed by atoms with Crippen molar-refractivity contribution in [2.24, 2.45) is 0 Å². The molecule has 3 rings (SSSR count). The molecule has 2 aromatic carbocycles. The lowest BCUT2D eigenvalue weighted by Crippen LogP contribution is -2.35. The van der Waals surface area contributed by atoms with Gasteiger partial charge in [0.05, 0.1) is 7.11 Å². The van der Waals surface area contributed by atoms with Crippen LogP contribution < -0.4 is 0 Å². The minimum Gasteiger partial charge on any atom is -0.468 e. The van der Waals surface area contributed by atoms with E-state index in [4.69, 9.17) is 20.9 Å². The van der Waals surface area contributed by atoms with Crippen LogP contribution in [-0.4, -0.2) is 35.6 Å². The van der Waals surface area contributed by atoms with Crippen molar-refractivity contribution in [2.75, 3.05) is 13.7 Å². The summed E-state index contributed by atoms with van der Waals surface area (Å²) in [6.45, 7) is 1.98. The number of methoxy groups -OCH3 is 1. The number of aromatic nitrogens is 1. The van der Waals surface area contributed by atoms with Crippen LogP contribution in [0.2, 0.25) is 5.02 Å². The van der Waals surface area contributed by atoms with Gasteiger partial charge in [-0.2, -0.15) is 0 Å². The molecule has 0 aliphatic heterocycles. The zero-order chi connectivity index (χ0) is 20.1. The van der Waals surface area contributed by atoms with Crippen LogP contribution in [0.15, 0.2) is 59.1 Å². The van der Waals surface area contributed by atoms with Crippen molar-refractivity contribution >= 4 is 23.5 Å². The van der Waals surface area contributed by atoms with E-state index in [0.717, 1.165) is 16.7 Å². The molecule has 0 spiro atoms. The zero-order valence-corrected chi connectivity index (χ0v) is 16.3. The molecule has 3 aromatic rings. The van der Waals surface area contributed by atoms with Gasteiger partial charge in [-0.3, -0.25) is 9.59 Å². The Morgan fingerprint density at radius 2 is 1.79 bits per heavy atom. The lowest BCUT2D eigenvalue weighted by atomic mass is 10.1. The first kappa shape index (κ1) is 19.6. The smallest absolute Gasteiger partial charge is 0.325 e. The van der Waals surface area contributed by atoms with Crippen molar-refractivity contribution in [1.29, 1.82) is 0 Å². The van der Waals surface area contributed by atoms with Crippen LogP contribution in [-0.2, 0) is 16.1 Å². The number of halogens is 1. The first-order valence-electron chi connectivity index (χ1n) is 8.60. The average molecular weight is 399 g/mol. The van der Waals surface area contributed by atoms with Gasteiger partial charge in [0.25, 0.3) is 5.91 Å². The molecule has 0 aliphatic carbocycles. The number of hydrogen-bond acceptors (Lipinski definition) is 5. The highest BCUT2D eigenvalue weighted by molar-refractivity contribution is 6.30. The van der Waals surface area contributed by atoms with Gasteiger partial charge in [-0.1, -0.05) is 58.7 Å². The normalized spacial score (nSPS) is 10.5. The van der Waals surface area contributed by atoms with E-state index in [1.807, 2.05) is 31.2 Å². The third-order valence-corrected chi connectivity index (χ3v) is 4.44. The number of carbonyl (C=O) groups is 2. The molecule has 0 saturated carbocycles. The molecule has 0 saturated heterocycles. The third kappa shape index (κ3) is 4.78. The van der Waals surface area contributed by atoms with E-state index in [2.05, 4.69) is 5.16 Å². The first-order chi connectivity index (χ1) is 13.5. The van der Waals surface area contributed by atoms with Crippen LogP contribution in [0.4, 0.5) is 0 Å². The Bertz CT molecular complexity index is 965. The number of benzene rings is 2. The zero-order valence-electron chi connectivity index (χ0n) is 15.5. The molecule has 144 valence electrons. The quantitative estimate of drug-likeness (QED) is 0.584. The fourth-order valence-electron chi connectivity index (χ4n) is 2.62. The highest BCUT2D eigenvalue weighted by Gasteiger charge is 2.24. The van der Waals surface area contributed by atoms with Crippen LogP contribution in [0.3, 0.4) is 0 Å². The van der Waals surface area contributed by atoms with Crippen molar-refractivity contribution in [3.05, 3.63) is 76.5 Å². The van der Waals surface area contributed by atoms with E-state index in [-0.39, 0.29) is 18.8 Å². The van der Waals surface area contributed by atoms with Gasteiger partial charge in [0.15, 0.2) is 0 Å². The van der Waals surface area contributed by atoms with Crippen molar-refractivity contribution in [3.8, 4) is 11.3 Å². The van der Waals surface area contributed by atoms with Gasteiger partial charge in [-0.25, -0.2) is 0 Å². The van der Waals surface area contributed by atoms with Gasteiger partial charge in [-0.05, 0) is 24.6 Å². The molecule has 0 N–H and O–H groups in total. The molecule has 0 aliphatic rings. The Balaban J connectivity index is 1.82. The Labute approximate surface area is 167 Å². The molecule has 6 nitrogen and oxygen atoms in total. The highest BCUT2D eigenvalue weighted by atomic mass is 35.5. The number of nitrogens with zero attached hydrogens (tertiary/aromatic N) is 2. The lowest BCUT2D eigenvalue weighted by Gasteiger charge is -2.20. The molecule has 28 heavy (non-hydrogen) atoms. The van der Waals surface area contributed by atoms with Crippen LogP contribution in [0.25, 0.3) is 11.3 Å². The molecule has 0 bridgehead atoms. The van der Waals surface area contributed by atoms with Gasteiger partial charge in [0, 0.05) is 23.2 Å². The van der Waals surface area contributed by atoms with E-state index in [9.17, 15) is 9.59 Å². The summed E-state index contributed by atoms with van der Waals surface area (Å²) >= 11 is 5.91. The fraction of sp³-hybridized carbons (Fsp3) is 0.190. The summed E-state index contributed by atoms with van der Waals surface area (Å²) in [5.74, 6) is -0.930. The monoisotopic (exact) mass is 398 g/mol. The van der Waals surface area contributed by atoms with Gasteiger partial charge in [-0.15, -0.1) is 0 Å². The lowest BCUT2D eigenvalue weighted by molar-refractivity contribution is -0.141. The second-order valence-corrected chi connectivity index (χ2v) is 6.74. The minimum absolute atomic E-state index is 0.0495. The maximum absolute atomic E-state index is 12.9. The summed E-state index contributed by atoms with van der Waals surface area (Å²) in [4.78, 5) is 26.0. The van der Waals surface area contributed by atoms with Crippen molar-refractivity contribution < 1.29 is 18.8 Å². The first-order valence-corrected chi connectivity index (χ1v) is 8.98. The topological polar surface area (TPSA) is 72.6 Å². The molecule has 0 unspecified atom stereocenters. The SMILES string of the molecule is COC(=O)CN(Cc1ccc(Cl)cc1)C(=O)c1cc(-c2ccc(C)cc2)no1. The predicted octanol–water partition coefficient (Wildman–Crippen LogP) is 4.12. The summed E-state index contributed by atoms with van der Waals surface area (Å²) in [6, 6.07) is 16.3. The minimum atomic E-state index is -0.527. The molecule has 0 fully saturated rings. The average Bonchev–Trinajstić information content (AvgIpc) is 3.19. The van der Waals surface area contributed by atoms with Gasteiger partial charge in [0.1, 0.15) is 12.2 Å². The Hall–Kier alpha value is -3.12. The molecule has 1 heterocycles. The molecule has 7 heteroatoms. The molecular weight excluding hydrogens is 380 g/mol. The maximum atomic E-state index is 12.9. The van der Waals surface area contributed by atoms with Crippen molar-refractivity contribution in [3.63, 3.8) is 0 Å². The maximum Gasteiger partial charge on any atom is 0.325 e. The largest absolute Gasteiger partial charge is 0.468 e. The number of ether oxygens (including phenoxy) is 1. The Kier molecular flexibility index (Phi) is 6.11. The number of rotatable bonds is 6. The molecular formula is C21H19ClN2O4. The number of amides is 1. The van der Waals surface area contributed by atoms with Gasteiger partial charge in [0.2, 0.25) is 5.76 Å². The summed E-state index contributed by atoms with van der Waals surface area (Å²) in [7, 11) is 1.28. The van der Waals surface area contributed by atoms with Crippen LogP contribution >= 0.6 is 11.6 Å². The number of aryl methyl sites for hydroxylation is 1. The Morgan fingerprint density at radius 1 is 1.11 bits per heavy atom. The van der Waals surface area contributed by atoms with Crippen molar-refractivity contribution in [1.82, 2.24) is 10.1 Å². The summed E-state index contributed by atoms with van der Waals surface area (Å²) < 4.78 is 9.96. The number of carbonyl (C=O) groups excluding carboxylic acids is 2. The van der Waals surface area contributed by atoms with E-state index in [0.29, 0.717) is 10.7 Å². The second kappa shape index (κ2) is 8.71. The number of esters is 1. The van der Waals surface area contributed by atoms with Gasteiger partial charge >= 0.3 is 5.97 Å². The van der Waals surface area contributed by atoms with Crippen LogP contribution in [0.5, 0.6) is 0 Å². The number of hydrogen-bond donors (Lipinski definition) is 0. The van der Waals surface area contributed by atoms with E-state index < -0.39 is 11.9 Å². The molecule has 1 amide bonds. The van der Waals surface area contributed by atoms with Crippen molar-refractivity contribution in [2.45, 2.75) is 13.5 Å². The third-order valence-electron chi connectivity index (χ3n) is 4.19. The molecule has 1 aromatic heterocycles. The second-order valence-electron chi connectivity index (χ2n) is 6.31. The Morgan fingerprint density at radius 3 is 2.43 bits per heavy atom. The van der Waals surface area contributed by atoms with Crippen LogP contribution in [0.1, 0.15) is 21.7 Å². The van der Waals surface area contributed by atoms with E-state index >= 15 is 0 Å². The highest BCUT2D eigenvalue weighted by Crippen LogP contribution is 2.21.